The molecule has 0 spiro atoms. The molecule has 0 aliphatic carbocycles. The third kappa shape index (κ3) is 1.89. The van der Waals surface area contributed by atoms with Crippen molar-refractivity contribution in [1.82, 2.24) is 9.78 Å². The molecule has 16 heavy (non-hydrogen) atoms. The second-order valence-corrected chi connectivity index (χ2v) is 3.28. The predicted molar refractivity (Wildman–Crippen MR) is 59.4 cm³/mol. The van der Waals surface area contributed by atoms with Crippen LogP contribution in [-0.2, 0) is 6.42 Å². The lowest BCUT2D eigenvalue weighted by molar-refractivity contribution is 0.410. The Balaban J connectivity index is 2.41. The third-order valence-corrected chi connectivity index (χ3v) is 2.31. The molecule has 0 atom stereocenters. The number of rotatable bonds is 3. The molecule has 1 heterocycles. The van der Waals surface area contributed by atoms with Gasteiger partial charge in [0.1, 0.15) is 5.75 Å². The van der Waals surface area contributed by atoms with Crippen LogP contribution in [0.25, 0.3) is 5.69 Å². The first-order valence-electron chi connectivity index (χ1n) is 4.89. The topological polar surface area (TPSA) is 50.8 Å². The monoisotopic (exact) mass is 213 g/mol. The number of hydrogen-bond acceptors (Lipinski definition) is 3. The fourth-order valence-electron chi connectivity index (χ4n) is 1.53. The van der Waals surface area contributed by atoms with Crippen LogP contribution in [0.3, 0.4) is 0 Å². The zero-order valence-electron chi connectivity index (χ0n) is 8.92. The summed E-state index contributed by atoms with van der Waals surface area (Å²) in [6.45, 7) is 0. The molecule has 0 aliphatic rings. The average Bonchev–Trinajstić information content (AvgIpc) is 2.83. The van der Waals surface area contributed by atoms with Crippen LogP contribution in [-0.4, -0.2) is 16.9 Å². The number of hydrogen-bond donors (Lipinski definition) is 0. The third-order valence-electron chi connectivity index (χ3n) is 2.31. The van der Waals surface area contributed by atoms with Crippen LogP contribution >= 0.6 is 0 Å². The molecule has 0 saturated carbocycles. The van der Waals surface area contributed by atoms with E-state index in [0.29, 0.717) is 6.42 Å². The Bertz CT molecular complexity index is 512. The average molecular weight is 213 g/mol. The highest BCUT2D eigenvalue weighted by atomic mass is 16.5. The van der Waals surface area contributed by atoms with E-state index in [0.717, 1.165) is 17.0 Å². The van der Waals surface area contributed by atoms with Gasteiger partial charge in [-0.15, -0.1) is 0 Å². The number of methoxy groups -OCH3 is 1. The summed E-state index contributed by atoms with van der Waals surface area (Å²) in [5, 5.41) is 12.8. The second-order valence-electron chi connectivity index (χ2n) is 3.28. The SMILES string of the molecule is COc1cc(-n2cccn2)ccc1CC#N. The van der Waals surface area contributed by atoms with Gasteiger partial charge in [-0.2, -0.15) is 10.4 Å². The quantitative estimate of drug-likeness (QED) is 0.783. The molecule has 4 heteroatoms. The minimum atomic E-state index is 0.350. The standard InChI is InChI=1S/C12H11N3O/c1-16-12-9-11(15-8-2-7-14-15)4-3-10(12)5-6-13/h2-4,7-9H,5H2,1H3. The Hall–Kier alpha value is -2.28. The summed E-state index contributed by atoms with van der Waals surface area (Å²) >= 11 is 0. The summed E-state index contributed by atoms with van der Waals surface area (Å²) in [6, 6.07) is 9.65. The Morgan fingerprint density at radius 2 is 2.38 bits per heavy atom. The highest BCUT2D eigenvalue weighted by Crippen LogP contribution is 2.22. The first kappa shape index (κ1) is 10.2. The first-order chi connectivity index (χ1) is 7.85. The van der Waals surface area contributed by atoms with Crippen LogP contribution in [0.15, 0.2) is 36.7 Å². The van der Waals surface area contributed by atoms with E-state index in [1.54, 1.807) is 18.0 Å². The van der Waals surface area contributed by atoms with Crippen LogP contribution < -0.4 is 4.74 Å². The number of nitrogens with zero attached hydrogens (tertiary/aromatic N) is 3. The fourth-order valence-corrected chi connectivity index (χ4v) is 1.53. The maximum atomic E-state index is 8.67. The molecular formula is C12H11N3O. The lowest BCUT2D eigenvalue weighted by atomic mass is 10.1. The molecule has 2 aromatic rings. The van der Waals surface area contributed by atoms with E-state index >= 15 is 0 Å². The lowest BCUT2D eigenvalue weighted by Crippen LogP contribution is -1.97. The molecule has 0 unspecified atom stereocenters. The molecule has 4 nitrogen and oxygen atoms in total. The highest BCUT2D eigenvalue weighted by molar-refractivity contribution is 5.45. The first-order valence-corrected chi connectivity index (χ1v) is 4.89. The molecule has 80 valence electrons. The van der Waals surface area contributed by atoms with Gasteiger partial charge in [-0.3, -0.25) is 0 Å². The smallest absolute Gasteiger partial charge is 0.125 e. The van der Waals surface area contributed by atoms with E-state index in [1.165, 1.54) is 0 Å². The van der Waals surface area contributed by atoms with Crippen LogP contribution in [0.5, 0.6) is 5.75 Å². The zero-order chi connectivity index (χ0) is 11.4. The molecule has 0 radical (unpaired) electrons. The number of benzene rings is 1. The molecule has 2 rings (SSSR count). The van der Waals surface area contributed by atoms with E-state index in [-0.39, 0.29) is 0 Å². The lowest BCUT2D eigenvalue weighted by Gasteiger charge is -2.08. The van der Waals surface area contributed by atoms with E-state index in [1.807, 2.05) is 30.5 Å². The van der Waals surface area contributed by atoms with Crippen molar-refractivity contribution in [3.8, 4) is 17.5 Å². The van der Waals surface area contributed by atoms with Gasteiger partial charge in [-0.25, -0.2) is 4.68 Å². The molecule has 0 bridgehead atoms. The van der Waals surface area contributed by atoms with Crippen LogP contribution in [0.1, 0.15) is 5.56 Å². The second kappa shape index (κ2) is 4.49. The molecule has 1 aromatic heterocycles. The van der Waals surface area contributed by atoms with Gasteiger partial charge in [-0.1, -0.05) is 6.07 Å². The normalized spacial score (nSPS) is 9.75. The zero-order valence-corrected chi connectivity index (χ0v) is 8.92. The minimum Gasteiger partial charge on any atom is -0.496 e. The summed E-state index contributed by atoms with van der Waals surface area (Å²) in [7, 11) is 1.60. The molecule has 0 aliphatic heterocycles. The molecule has 0 saturated heterocycles. The van der Waals surface area contributed by atoms with Crippen molar-refractivity contribution < 1.29 is 4.74 Å². The fraction of sp³-hybridized carbons (Fsp3) is 0.167. The Morgan fingerprint density at radius 3 is 3.00 bits per heavy atom. The van der Waals surface area contributed by atoms with Crippen molar-refractivity contribution in [3.05, 3.63) is 42.2 Å². The Labute approximate surface area is 93.7 Å². The molecule has 0 amide bonds. The number of aromatic nitrogens is 2. The largest absolute Gasteiger partial charge is 0.496 e. The molecule has 0 fully saturated rings. The number of ether oxygens (including phenoxy) is 1. The van der Waals surface area contributed by atoms with Crippen molar-refractivity contribution in [2.24, 2.45) is 0 Å². The minimum absolute atomic E-state index is 0.350. The maximum Gasteiger partial charge on any atom is 0.125 e. The summed E-state index contributed by atoms with van der Waals surface area (Å²) in [5.41, 5.74) is 1.81. The summed E-state index contributed by atoms with van der Waals surface area (Å²) in [4.78, 5) is 0. The summed E-state index contributed by atoms with van der Waals surface area (Å²) in [6.07, 6.45) is 3.93. The van der Waals surface area contributed by atoms with Crippen molar-refractivity contribution in [2.45, 2.75) is 6.42 Å². The molecule has 1 aromatic carbocycles. The van der Waals surface area contributed by atoms with Crippen LogP contribution in [0.4, 0.5) is 0 Å². The summed E-state index contributed by atoms with van der Waals surface area (Å²) in [5.74, 6) is 0.717. The van der Waals surface area contributed by atoms with Gasteiger partial charge < -0.3 is 4.74 Å². The van der Waals surface area contributed by atoms with Gasteiger partial charge in [0.2, 0.25) is 0 Å². The predicted octanol–water partition coefficient (Wildman–Crippen LogP) is 1.95. The Kier molecular flexibility index (Phi) is 2.88. The van der Waals surface area contributed by atoms with Gasteiger partial charge in [0.05, 0.1) is 25.3 Å². The maximum absolute atomic E-state index is 8.67. The van der Waals surface area contributed by atoms with E-state index < -0.39 is 0 Å². The van der Waals surface area contributed by atoms with Gasteiger partial charge in [0, 0.05) is 24.0 Å². The van der Waals surface area contributed by atoms with Crippen molar-refractivity contribution in [2.75, 3.05) is 7.11 Å². The van der Waals surface area contributed by atoms with Crippen molar-refractivity contribution in [3.63, 3.8) is 0 Å². The number of nitriles is 1. The summed E-state index contributed by atoms with van der Waals surface area (Å²) < 4.78 is 6.99. The Morgan fingerprint density at radius 1 is 1.50 bits per heavy atom. The van der Waals surface area contributed by atoms with Gasteiger partial charge in [0.15, 0.2) is 0 Å². The van der Waals surface area contributed by atoms with Gasteiger partial charge in [0.25, 0.3) is 0 Å². The van der Waals surface area contributed by atoms with Crippen molar-refractivity contribution in [1.29, 1.82) is 5.26 Å². The van der Waals surface area contributed by atoms with E-state index in [9.17, 15) is 0 Å². The van der Waals surface area contributed by atoms with Crippen molar-refractivity contribution >= 4 is 0 Å². The van der Waals surface area contributed by atoms with E-state index in [2.05, 4.69) is 11.2 Å². The van der Waals surface area contributed by atoms with Crippen LogP contribution in [0, 0.1) is 11.3 Å². The van der Waals surface area contributed by atoms with E-state index in [4.69, 9.17) is 10.00 Å². The highest BCUT2D eigenvalue weighted by Gasteiger charge is 2.05. The van der Waals surface area contributed by atoms with Crippen LogP contribution in [0.2, 0.25) is 0 Å². The molecular weight excluding hydrogens is 202 g/mol. The van der Waals surface area contributed by atoms with Gasteiger partial charge in [-0.05, 0) is 12.1 Å². The van der Waals surface area contributed by atoms with Gasteiger partial charge >= 0.3 is 0 Å². The molecule has 0 N–H and O–H groups in total.